The first-order valence-corrected chi connectivity index (χ1v) is 6.06. The van der Waals surface area contributed by atoms with Crippen molar-refractivity contribution in [2.45, 2.75) is 50.6 Å². The first-order chi connectivity index (χ1) is 6.84. The zero-order valence-electron chi connectivity index (χ0n) is 8.78. The number of fused-ring (bicyclic) bond motifs is 3. The number of hydrogen-bond donors (Lipinski definition) is 0. The Labute approximate surface area is 87.2 Å². The van der Waals surface area contributed by atoms with E-state index in [2.05, 4.69) is 11.0 Å². The molecule has 0 N–H and O–H groups in total. The standard InChI is InChI=1S/C13H19N/c1-10-6-7-14-12(8-10)9-11-4-2-3-5-13(11)14/h1,8,11-13H,2-7,9H2. The molecule has 0 aromatic rings. The minimum atomic E-state index is 0.692. The lowest BCUT2D eigenvalue weighted by atomic mass is 9.85. The topological polar surface area (TPSA) is 3.24 Å². The van der Waals surface area contributed by atoms with Gasteiger partial charge >= 0.3 is 0 Å². The molecule has 1 saturated carbocycles. The van der Waals surface area contributed by atoms with Gasteiger partial charge in [0.25, 0.3) is 0 Å². The number of rotatable bonds is 0. The van der Waals surface area contributed by atoms with E-state index in [-0.39, 0.29) is 0 Å². The van der Waals surface area contributed by atoms with Gasteiger partial charge in [-0.25, -0.2) is 0 Å². The van der Waals surface area contributed by atoms with Crippen LogP contribution >= 0.6 is 0 Å². The Hall–Kier alpha value is -0.300. The molecule has 2 radical (unpaired) electrons. The summed E-state index contributed by atoms with van der Waals surface area (Å²) in [5.41, 5.74) is 1.13. The van der Waals surface area contributed by atoms with Gasteiger partial charge in [0.2, 0.25) is 0 Å². The van der Waals surface area contributed by atoms with Crippen LogP contribution in [0.2, 0.25) is 0 Å². The monoisotopic (exact) mass is 189 g/mol. The summed E-state index contributed by atoms with van der Waals surface area (Å²) in [5.74, 6) is 0.982. The third-order valence-electron chi connectivity index (χ3n) is 4.33. The largest absolute Gasteiger partial charge is 0.293 e. The normalized spacial score (nSPS) is 42.9. The van der Waals surface area contributed by atoms with Crippen molar-refractivity contribution in [3.8, 4) is 0 Å². The highest BCUT2D eigenvalue weighted by atomic mass is 15.2. The van der Waals surface area contributed by atoms with E-state index in [1.807, 2.05) is 0 Å². The van der Waals surface area contributed by atoms with E-state index in [1.54, 1.807) is 0 Å². The molecule has 2 heterocycles. The van der Waals surface area contributed by atoms with Gasteiger partial charge < -0.3 is 0 Å². The Morgan fingerprint density at radius 2 is 2.14 bits per heavy atom. The van der Waals surface area contributed by atoms with Crippen LogP contribution in [0.5, 0.6) is 0 Å². The van der Waals surface area contributed by atoms with Gasteiger partial charge in [0.05, 0.1) is 0 Å². The highest BCUT2D eigenvalue weighted by Gasteiger charge is 2.41. The van der Waals surface area contributed by atoms with E-state index in [9.17, 15) is 0 Å². The van der Waals surface area contributed by atoms with Crippen molar-refractivity contribution < 1.29 is 0 Å². The van der Waals surface area contributed by atoms with Crippen molar-refractivity contribution in [2.24, 2.45) is 5.92 Å². The molecule has 0 bridgehead atoms. The van der Waals surface area contributed by atoms with Crippen LogP contribution in [-0.4, -0.2) is 23.5 Å². The summed E-state index contributed by atoms with van der Waals surface area (Å²) < 4.78 is 0. The van der Waals surface area contributed by atoms with Crippen LogP contribution in [0.25, 0.3) is 0 Å². The summed E-state index contributed by atoms with van der Waals surface area (Å²) in [6.45, 7) is 7.13. The molecule has 1 nitrogen and oxygen atoms in total. The van der Waals surface area contributed by atoms with Gasteiger partial charge in [-0.2, -0.15) is 0 Å². The quantitative estimate of drug-likeness (QED) is 0.566. The summed E-state index contributed by atoms with van der Waals surface area (Å²) in [7, 11) is 0. The Kier molecular flexibility index (Phi) is 2.16. The van der Waals surface area contributed by atoms with E-state index in [4.69, 9.17) is 6.92 Å². The van der Waals surface area contributed by atoms with Gasteiger partial charge in [0, 0.05) is 18.6 Å². The van der Waals surface area contributed by atoms with Crippen molar-refractivity contribution in [1.82, 2.24) is 4.90 Å². The molecule has 2 fully saturated rings. The number of nitrogens with zero attached hydrogens (tertiary/aromatic N) is 1. The molecular weight excluding hydrogens is 170 g/mol. The molecule has 14 heavy (non-hydrogen) atoms. The second kappa shape index (κ2) is 3.37. The molecule has 1 heteroatoms. The second-order valence-corrected chi connectivity index (χ2v) is 5.14. The van der Waals surface area contributed by atoms with Crippen LogP contribution in [0, 0.1) is 12.8 Å². The summed E-state index contributed by atoms with van der Waals surface area (Å²) in [4.78, 5) is 2.72. The summed E-state index contributed by atoms with van der Waals surface area (Å²) in [6.07, 6.45) is 10.6. The maximum atomic E-state index is 5.91. The lowest BCUT2D eigenvalue weighted by Gasteiger charge is -2.35. The average molecular weight is 189 g/mol. The van der Waals surface area contributed by atoms with Crippen molar-refractivity contribution in [2.75, 3.05) is 6.54 Å². The molecule has 76 valence electrons. The van der Waals surface area contributed by atoms with Crippen molar-refractivity contribution in [1.29, 1.82) is 0 Å². The minimum Gasteiger partial charge on any atom is -0.293 e. The van der Waals surface area contributed by atoms with Crippen LogP contribution in [0.15, 0.2) is 11.6 Å². The van der Waals surface area contributed by atoms with E-state index >= 15 is 0 Å². The highest BCUT2D eigenvalue weighted by Crippen LogP contribution is 2.41. The number of hydrogen-bond acceptors (Lipinski definition) is 1. The Balaban J connectivity index is 1.82. The molecule has 1 aliphatic carbocycles. The Morgan fingerprint density at radius 3 is 3.07 bits per heavy atom. The van der Waals surface area contributed by atoms with Crippen LogP contribution < -0.4 is 0 Å². The zero-order valence-corrected chi connectivity index (χ0v) is 8.78. The molecule has 0 aromatic carbocycles. The third kappa shape index (κ3) is 1.33. The van der Waals surface area contributed by atoms with E-state index in [1.165, 1.54) is 38.6 Å². The molecule has 3 rings (SSSR count). The molecule has 0 aromatic heterocycles. The maximum absolute atomic E-state index is 5.91. The molecular formula is C13H19N. The fourth-order valence-electron chi connectivity index (χ4n) is 3.68. The SMILES string of the molecule is [CH]C1=CC2CC3CCCCC3N2CC1. The van der Waals surface area contributed by atoms with Crippen molar-refractivity contribution >= 4 is 0 Å². The van der Waals surface area contributed by atoms with Crippen molar-refractivity contribution in [3.63, 3.8) is 0 Å². The first-order valence-electron chi connectivity index (χ1n) is 6.06. The first kappa shape index (κ1) is 8.96. The van der Waals surface area contributed by atoms with Gasteiger partial charge in [0.15, 0.2) is 0 Å². The smallest absolute Gasteiger partial charge is 0.0287 e. The predicted molar refractivity (Wildman–Crippen MR) is 57.9 cm³/mol. The van der Waals surface area contributed by atoms with Crippen LogP contribution in [0.4, 0.5) is 0 Å². The van der Waals surface area contributed by atoms with Gasteiger partial charge in [-0.3, -0.25) is 4.90 Å². The van der Waals surface area contributed by atoms with E-state index in [0.29, 0.717) is 6.04 Å². The zero-order chi connectivity index (χ0) is 9.54. The van der Waals surface area contributed by atoms with E-state index in [0.717, 1.165) is 24.0 Å². The molecule has 3 unspecified atom stereocenters. The Morgan fingerprint density at radius 1 is 1.29 bits per heavy atom. The lowest BCUT2D eigenvalue weighted by molar-refractivity contribution is 0.161. The third-order valence-corrected chi connectivity index (χ3v) is 4.33. The average Bonchev–Trinajstić information content (AvgIpc) is 2.54. The van der Waals surface area contributed by atoms with Gasteiger partial charge in [-0.15, -0.1) is 0 Å². The molecule has 2 aliphatic heterocycles. The van der Waals surface area contributed by atoms with Crippen LogP contribution in [-0.2, 0) is 0 Å². The summed E-state index contributed by atoms with van der Waals surface area (Å²) in [6, 6.07) is 1.59. The van der Waals surface area contributed by atoms with Gasteiger partial charge in [-0.05, 0) is 38.5 Å². The van der Waals surface area contributed by atoms with Gasteiger partial charge in [-0.1, -0.05) is 24.5 Å². The van der Waals surface area contributed by atoms with E-state index < -0.39 is 0 Å². The van der Waals surface area contributed by atoms with Crippen molar-refractivity contribution in [3.05, 3.63) is 18.6 Å². The fraction of sp³-hybridized carbons (Fsp3) is 0.769. The van der Waals surface area contributed by atoms with Crippen LogP contribution in [0.3, 0.4) is 0 Å². The van der Waals surface area contributed by atoms with Gasteiger partial charge in [0.1, 0.15) is 0 Å². The second-order valence-electron chi connectivity index (χ2n) is 5.14. The lowest BCUT2D eigenvalue weighted by Crippen LogP contribution is -2.40. The highest BCUT2D eigenvalue weighted by molar-refractivity contribution is 5.17. The summed E-state index contributed by atoms with van der Waals surface area (Å²) >= 11 is 0. The minimum absolute atomic E-state index is 0.692. The maximum Gasteiger partial charge on any atom is 0.0287 e. The fourth-order valence-corrected chi connectivity index (χ4v) is 3.68. The summed E-state index contributed by atoms with van der Waals surface area (Å²) in [5, 5.41) is 0. The molecule has 1 saturated heterocycles. The molecule has 0 spiro atoms. The Bertz CT molecular complexity index is 256. The molecule has 3 aliphatic rings. The molecule has 0 amide bonds. The molecule has 3 atom stereocenters. The predicted octanol–water partition coefficient (Wildman–Crippen LogP) is 2.66. The van der Waals surface area contributed by atoms with Crippen LogP contribution in [0.1, 0.15) is 38.5 Å².